The fourth-order valence-electron chi connectivity index (χ4n) is 3.94. The molecule has 1 fully saturated rings. The van der Waals surface area contributed by atoms with Crippen LogP contribution in [0.25, 0.3) is 10.9 Å². The normalized spacial score (nSPS) is 20.0. The van der Waals surface area contributed by atoms with Crippen LogP contribution in [0.2, 0.25) is 0 Å². The number of hydrogen-bond acceptors (Lipinski definition) is 8. The predicted molar refractivity (Wildman–Crippen MR) is 121 cm³/mol. The molecular weight excluding hydrogens is 466 g/mol. The first-order chi connectivity index (χ1) is 15.9. The van der Waals surface area contributed by atoms with Crippen molar-refractivity contribution in [1.29, 1.82) is 0 Å². The molecule has 11 nitrogen and oxygen atoms in total. The van der Waals surface area contributed by atoms with E-state index in [9.17, 15) is 19.5 Å². The van der Waals surface area contributed by atoms with Gasteiger partial charge in [-0.05, 0) is 33.5 Å². The highest BCUT2D eigenvalue weighted by atomic mass is 32.2. The Bertz CT molecular complexity index is 1300. The highest BCUT2D eigenvalue weighted by Crippen LogP contribution is 2.41. The summed E-state index contributed by atoms with van der Waals surface area (Å²) in [6.45, 7) is 0.0733. The molecule has 170 valence electrons. The Labute approximate surface area is 196 Å². The zero-order chi connectivity index (χ0) is 23.1. The van der Waals surface area contributed by atoms with Gasteiger partial charge in [0.1, 0.15) is 23.7 Å². The molecule has 0 bridgehead atoms. The second-order valence-corrected chi connectivity index (χ2v) is 9.64. The second-order valence-electron chi connectivity index (χ2n) is 7.59. The van der Waals surface area contributed by atoms with E-state index in [4.69, 9.17) is 0 Å². The summed E-state index contributed by atoms with van der Waals surface area (Å²) in [7, 11) is 1.70. The average Bonchev–Trinajstić information content (AvgIpc) is 3.41. The van der Waals surface area contributed by atoms with E-state index in [1.165, 1.54) is 33.1 Å². The van der Waals surface area contributed by atoms with Crippen LogP contribution in [-0.2, 0) is 28.0 Å². The topological polar surface area (TPSA) is 135 Å². The molecule has 2 aromatic heterocycles. The number of nitrogens with one attached hydrogen (secondary N) is 1. The number of carboxylic acid groups (broad SMARTS) is 1. The lowest BCUT2D eigenvalue weighted by Gasteiger charge is -2.49. The number of hydrogen-bond donors (Lipinski definition) is 2. The van der Waals surface area contributed by atoms with Gasteiger partial charge in [0.05, 0.1) is 0 Å². The minimum Gasteiger partial charge on any atom is -0.477 e. The number of aromatic nitrogens is 5. The van der Waals surface area contributed by atoms with Crippen molar-refractivity contribution in [1.82, 2.24) is 35.0 Å². The van der Waals surface area contributed by atoms with Gasteiger partial charge in [0.2, 0.25) is 11.1 Å². The van der Waals surface area contributed by atoms with Gasteiger partial charge in [-0.25, -0.2) is 9.48 Å². The van der Waals surface area contributed by atoms with Gasteiger partial charge in [0, 0.05) is 30.3 Å². The number of aryl methyl sites for hydroxylation is 1. The molecule has 0 unspecified atom stereocenters. The van der Waals surface area contributed by atoms with Gasteiger partial charge in [-0.15, -0.1) is 16.9 Å². The van der Waals surface area contributed by atoms with Crippen molar-refractivity contribution >= 4 is 52.2 Å². The molecule has 0 aliphatic carbocycles. The maximum absolute atomic E-state index is 12.8. The van der Waals surface area contributed by atoms with Crippen LogP contribution in [-0.4, -0.2) is 75.5 Å². The van der Waals surface area contributed by atoms with Crippen LogP contribution < -0.4 is 5.32 Å². The molecule has 1 aromatic carbocycles. The number of benzene rings is 1. The second kappa shape index (κ2) is 8.56. The maximum atomic E-state index is 12.8. The van der Waals surface area contributed by atoms with E-state index in [1.54, 1.807) is 7.05 Å². The van der Waals surface area contributed by atoms with E-state index >= 15 is 0 Å². The van der Waals surface area contributed by atoms with Crippen molar-refractivity contribution in [2.24, 2.45) is 7.05 Å². The summed E-state index contributed by atoms with van der Waals surface area (Å²) in [6.07, 6.45) is 1.83. The summed E-state index contributed by atoms with van der Waals surface area (Å²) in [4.78, 5) is 38.8. The molecule has 0 radical (unpaired) electrons. The molecule has 4 heterocycles. The van der Waals surface area contributed by atoms with Crippen molar-refractivity contribution in [3.8, 4) is 0 Å². The number of para-hydroxylation sites is 1. The fourth-order valence-corrected chi connectivity index (χ4v) is 6.28. The zero-order valence-electron chi connectivity index (χ0n) is 17.4. The molecule has 2 aliphatic heterocycles. The fraction of sp³-hybridized carbons (Fsp3) is 0.300. The smallest absolute Gasteiger partial charge is 0.352 e. The predicted octanol–water partition coefficient (Wildman–Crippen LogP) is 0.696. The minimum atomic E-state index is -1.16. The van der Waals surface area contributed by atoms with Crippen LogP contribution in [0.1, 0.15) is 0 Å². The number of β-lactam (4-membered cyclic amide) rings is 1. The number of fused-ring (bicyclic) bond motifs is 2. The van der Waals surface area contributed by atoms with Crippen LogP contribution in [0.15, 0.2) is 53.0 Å². The summed E-state index contributed by atoms with van der Waals surface area (Å²) in [5.41, 5.74) is 1.53. The molecular formula is C20H19N7O4S2. The molecule has 3 aromatic rings. The SMILES string of the molecule is Cn1nnnc1SCC1=C(C(=O)O)N2C(=O)[C@@H](NC(=O)Cn3ccc4ccccc43)[C@H]2SC1. The third-order valence-electron chi connectivity index (χ3n) is 5.52. The lowest BCUT2D eigenvalue weighted by atomic mass is 10.0. The summed E-state index contributed by atoms with van der Waals surface area (Å²) in [6, 6.07) is 8.90. The molecule has 33 heavy (non-hydrogen) atoms. The summed E-state index contributed by atoms with van der Waals surface area (Å²) in [5, 5.41) is 24.9. The minimum absolute atomic E-state index is 0.0201. The first kappa shape index (κ1) is 21.5. The molecule has 2 aliphatic rings. The summed E-state index contributed by atoms with van der Waals surface area (Å²) < 4.78 is 3.32. The van der Waals surface area contributed by atoms with Crippen molar-refractivity contribution in [2.45, 2.75) is 23.1 Å². The first-order valence-electron chi connectivity index (χ1n) is 10.0. The van der Waals surface area contributed by atoms with Crippen molar-refractivity contribution < 1.29 is 19.5 Å². The number of aliphatic carboxylic acids is 1. The Morgan fingerprint density at radius 3 is 2.88 bits per heavy atom. The van der Waals surface area contributed by atoms with Gasteiger partial charge in [-0.1, -0.05) is 30.0 Å². The number of tetrazole rings is 1. The van der Waals surface area contributed by atoms with Crippen LogP contribution in [0.5, 0.6) is 0 Å². The lowest BCUT2D eigenvalue weighted by molar-refractivity contribution is -0.150. The Hall–Kier alpha value is -3.32. The molecule has 1 saturated heterocycles. The highest BCUT2D eigenvalue weighted by Gasteiger charge is 2.54. The summed E-state index contributed by atoms with van der Waals surface area (Å²) in [5.74, 6) is -1.10. The number of thioether (sulfide) groups is 2. The largest absolute Gasteiger partial charge is 0.477 e. The van der Waals surface area contributed by atoms with E-state index in [1.807, 2.05) is 41.1 Å². The maximum Gasteiger partial charge on any atom is 0.352 e. The van der Waals surface area contributed by atoms with E-state index in [0.717, 1.165) is 10.9 Å². The van der Waals surface area contributed by atoms with Gasteiger partial charge >= 0.3 is 5.97 Å². The van der Waals surface area contributed by atoms with Crippen LogP contribution in [0.3, 0.4) is 0 Å². The van der Waals surface area contributed by atoms with E-state index < -0.39 is 23.3 Å². The zero-order valence-corrected chi connectivity index (χ0v) is 19.0. The van der Waals surface area contributed by atoms with Gasteiger partial charge in [0.15, 0.2) is 0 Å². The van der Waals surface area contributed by atoms with Gasteiger partial charge < -0.3 is 15.0 Å². The Balaban J connectivity index is 1.27. The van der Waals surface area contributed by atoms with E-state index in [0.29, 0.717) is 22.2 Å². The van der Waals surface area contributed by atoms with Crippen LogP contribution >= 0.6 is 23.5 Å². The molecule has 2 amide bonds. The molecule has 2 N–H and O–H groups in total. The van der Waals surface area contributed by atoms with Gasteiger partial charge in [0.25, 0.3) is 5.91 Å². The van der Waals surface area contributed by atoms with Crippen molar-refractivity contribution in [2.75, 3.05) is 11.5 Å². The van der Waals surface area contributed by atoms with Crippen molar-refractivity contribution in [3.63, 3.8) is 0 Å². The number of carbonyl (C=O) groups is 3. The summed E-state index contributed by atoms with van der Waals surface area (Å²) >= 11 is 2.74. The third-order valence-corrected chi connectivity index (χ3v) is 7.95. The number of amides is 2. The first-order valence-corrected chi connectivity index (χ1v) is 12.1. The lowest BCUT2D eigenvalue weighted by Crippen LogP contribution is -2.70. The van der Waals surface area contributed by atoms with Crippen LogP contribution in [0, 0.1) is 0 Å². The highest BCUT2D eigenvalue weighted by molar-refractivity contribution is 8.01. The molecule has 2 atom stereocenters. The molecule has 5 rings (SSSR count). The average molecular weight is 486 g/mol. The Kier molecular flexibility index (Phi) is 5.58. The van der Waals surface area contributed by atoms with Gasteiger partial charge in [-0.3, -0.25) is 14.5 Å². The number of nitrogens with zero attached hydrogens (tertiary/aromatic N) is 6. The van der Waals surface area contributed by atoms with Gasteiger partial charge in [-0.2, -0.15) is 0 Å². The monoisotopic (exact) mass is 485 g/mol. The molecule has 13 heteroatoms. The number of carbonyl (C=O) groups excluding carboxylic acids is 2. The molecule has 0 saturated carbocycles. The van der Waals surface area contributed by atoms with Crippen molar-refractivity contribution in [3.05, 3.63) is 47.8 Å². The van der Waals surface area contributed by atoms with Crippen LogP contribution in [0.4, 0.5) is 0 Å². The molecule has 0 spiro atoms. The van der Waals surface area contributed by atoms with E-state index in [-0.39, 0.29) is 18.1 Å². The number of carboxylic acids is 1. The van der Waals surface area contributed by atoms with E-state index in [2.05, 4.69) is 20.8 Å². The Morgan fingerprint density at radius 1 is 1.30 bits per heavy atom. The number of rotatable bonds is 7. The Morgan fingerprint density at radius 2 is 2.12 bits per heavy atom. The quantitative estimate of drug-likeness (QED) is 0.366. The third kappa shape index (κ3) is 3.86. The standard InChI is InChI=1S/C20H19N7O4S2/c1-25-20(22-23-24-25)33-10-12-9-32-18-15(17(29)27(18)16(12)19(30)31)21-14(28)8-26-7-6-11-4-2-3-5-13(11)26/h2-7,15,18H,8-10H2,1H3,(H,21,28)(H,30,31)/t15-,18-/m1/s1.